The standard InChI is InChI=1S/C34H29NS/c1-3-8-28-25(6-1)27-19-24(35-30-9-5-11-32-33(30)26-7-2-4-10-31(26)36-32)12-13-29(27)34(28)22-15-20-14-21(17-22)18-23(34)16-20/h1-13,19-23,35H,14-18H2. The molecule has 5 aliphatic rings. The highest BCUT2D eigenvalue weighted by Crippen LogP contribution is 2.69. The maximum atomic E-state index is 3.85. The lowest BCUT2D eigenvalue weighted by molar-refractivity contribution is -0.0399. The summed E-state index contributed by atoms with van der Waals surface area (Å²) >= 11 is 1.88. The van der Waals surface area contributed by atoms with Gasteiger partial charge in [-0.15, -0.1) is 11.3 Å². The summed E-state index contributed by atoms with van der Waals surface area (Å²) in [5.74, 6) is 3.61. The van der Waals surface area contributed by atoms with Gasteiger partial charge in [-0.25, -0.2) is 0 Å². The van der Waals surface area contributed by atoms with Gasteiger partial charge >= 0.3 is 0 Å². The third-order valence-corrected chi connectivity index (χ3v) is 11.4. The molecule has 0 aliphatic heterocycles. The van der Waals surface area contributed by atoms with Crippen molar-refractivity contribution in [2.45, 2.75) is 37.5 Å². The third kappa shape index (κ3) is 2.46. The van der Waals surface area contributed by atoms with E-state index in [2.05, 4.69) is 90.2 Å². The normalized spacial score (nSPS) is 29.2. The predicted molar refractivity (Wildman–Crippen MR) is 152 cm³/mol. The van der Waals surface area contributed by atoms with E-state index < -0.39 is 0 Å². The topological polar surface area (TPSA) is 12.0 Å². The Morgan fingerprint density at radius 3 is 2.22 bits per heavy atom. The van der Waals surface area contributed by atoms with Gasteiger partial charge in [0.15, 0.2) is 0 Å². The van der Waals surface area contributed by atoms with Gasteiger partial charge in [0.05, 0.1) is 0 Å². The molecular weight excluding hydrogens is 454 g/mol. The smallest absolute Gasteiger partial charge is 0.0478 e. The molecule has 4 fully saturated rings. The van der Waals surface area contributed by atoms with Gasteiger partial charge in [-0.3, -0.25) is 0 Å². The number of anilines is 2. The van der Waals surface area contributed by atoms with E-state index in [4.69, 9.17) is 0 Å². The monoisotopic (exact) mass is 483 g/mol. The highest BCUT2D eigenvalue weighted by Gasteiger charge is 2.61. The van der Waals surface area contributed by atoms with E-state index in [1.165, 1.54) is 74.8 Å². The Morgan fingerprint density at radius 2 is 1.36 bits per heavy atom. The summed E-state index contributed by atoms with van der Waals surface area (Å²) in [5, 5.41) is 6.54. The van der Waals surface area contributed by atoms with E-state index in [0.717, 1.165) is 23.7 Å². The first-order valence-electron chi connectivity index (χ1n) is 13.7. The second-order valence-electron chi connectivity index (χ2n) is 11.9. The van der Waals surface area contributed by atoms with Crippen LogP contribution in [0.5, 0.6) is 0 Å². The molecule has 4 aromatic carbocycles. The van der Waals surface area contributed by atoms with Gasteiger partial charge in [-0.05, 0) is 108 Å². The molecule has 4 bridgehead atoms. The van der Waals surface area contributed by atoms with Crippen LogP contribution >= 0.6 is 11.3 Å². The lowest BCUT2D eigenvalue weighted by Crippen LogP contribution is -2.55. The maximum absolute atomic E-state index is 3.85. The van der Waals surface area contributed by atoms with E-state index in [0.29, 0.717) is 0 Å². The van der Waals surface area contributed by atoms with Crippen molar-refractivity contribution in [1.29, 1.82) is 0 Å². The number of hydrogen-bond acceptors (Lipinski definition) is 2. The van der Waals surface area contributed by atoms with Crippen LogP contribution in [-0.4, -0.2) is 0 Å². The predicted octanol–water partition coefficient (Wildman–Crippen LogP) is 9.52. The molecule has 5 aliphatic carbocycles. The Hall–Kier alpha value is -3.10. The maximum Gasteiger partial charge on any atom is 0.0478 e. The molecule has 0 radical (unpaired) electrons. The Kier molecular flexibility index (Phi) is 3.90. The molecule has 0 amide bonds. The van der Waals surface area contributed by atoms with Gasteiger partial charge in [-0.2, -0.15) is 0 Å². The van der Waals surface area contributed by atoms with Crippen LogP contribution in [0.2, 0.25) is 0 Å². The third-order valence-electron chi connectivity index (χ3n) is 10.2. The molecule has 0 unspecified atom stereocenters. The number of rotatable bonds is 2. The zero-order valence-corrected chi connectivity index (χ0v) is 21.2. The van der Waals surface area contributed by atoms with Crippen LogP contribution in [-0.2, 0) is 5.41 Å². The van der Waals surface area contributed by atoms with Crippen LogP contribution in [0.15, 0.2) is 84.9 Å². The number of benzene rings is 4. The molecule has 10 rings (SSSR count). The molecule has 36 heavy (non-hydrogen) atoms. The van der Waals surface area contributed by atoms with E-state index in [1.807, 2.05) is 11.3 Å². The average molecular weight is 484 g/mol. The first-order valence-corrected chi connectivity index (χ1v) is 14.5. The summed E-state index contributed by atoms with van der Waals surface area (Å²) in [6.07, 6.45) is 7.26. The van der Waals surface area contributed by atoms with E-state index in [1.54, 1.807) is 11.1 Å². The summed E-state index contributed by atoms with van der Waals surface area (Å²) in [6, 6.07) is 32.2. The molecule has 4 saturated carbocycles. The molecule has 2 heteroatoms. The molecule has 1 spiro atoms. The number of thiophene rings is 1. The van der Waals surface area contributed by atoms with Crippen LogP contribution in [0.1, 0.15) is 43.2 Å². The Morgan fingerprint density at radius 1 is 0.639 bits per heavy atom. The van der Waals surface area contributed by atoms with Gasteiger partial charge in [-0.1, -0.05) is 54.6 Å². The second-order valence-corrected chi connectivity index (χ2v) is 13.0. The van der Waals surface area contributed by atoms with E-state index >= 15 is 0 Å². The number of hydrogen-bond donors (Lipinski definition) is 1. The fourth-order valence-corrected chi connectivity index (χ4v) is 10.4. The lowest BCUT2D eigenvalue weighted by Gasteiger charge is -2.61. The fraction of sp³-hybridized carbons (Fsp3) is 0.294. The summed E-state index contributed by atoms with van der Waals surface area (Å²) in [5.41, 5.74) is 8.89. The Labute approximate surface area is 216 Å². The van der Waals surface area contributed by atoms with Gasteiger partial charge < -0.3 is 5.32 Å². The molecule has 176 valence electrons. The molecule has 1 aromatic heterocycles. The Bertz CT molecular complexity index is 1660. The fourth-order valence-electron chi connectivity index (χ4n) is 9.27. The van der Waals surface area contributed by atoms with Crippen LogP contribution < -0.4 is 5.32 Å². The van der Waals surface area contributed by atoms with Crippen LogP contribution in [0.4, 0.5) is 11.4 Å². The van der Waals surface area contributed by atoms with E-state index in [-0.39, 0.29) is 5.41 Å². The minimum absolute atomic E-state index is 0.251. The highest BCUT2D eigenvalue weighted by molar-refractivity contribution is 7.25. The second kappa shape index (κ2) is 7.01. The minimum atomic E-state index is 0.251. The van der Waals surface area contributed by atoms with Crippen molar-refractivity contribution in [3.8, 4) is 11.1 Å². The summed E-state index contributed by atoms with van der Waals surface area (Å²) < 4.78 is 2.70. The largest absolute Gasteiger partial charge is 0.355 e. The molecule has 5 aromatic rings. The average Bonchev–Trinajstić information content (AvgIpc) is 3.42. The highest BCUT2D eigenvalue weighted by atomic mass is 32.1. The van der Waals surface area contributed by atoms with Crippen molar-refractivity contribution in [2.75, 3.05) is 5.32 Å². The van der Waals surface area contributed by atoms with Crippen LogP contribution in [0.3, 0.4) is 0 Å². The number of fused-ring (bicyclic) bond motifs is 6. The van der Waals surface area contributed by atoms with Crippen molar-refractivity contribution in [2.24, 2.45) is 23.7 Å². The molecule has 1 heterocycles. The van der Waals surface area contributed by atoms with Gasteiger partial charge in [0, 0.05) is 37.0 Å². The van der Waals surface area contributed by atoms with Gasteiger partial charge in [0.25, 0.3) is 0 Å². The molecular formula is C34H29NS. The zero-order valence-electron chi connectivity index (χ0n) is 20.3. The van der Waals surface area contributed by atoms with Crippen molar-refractivity contribution in [3.63, 3.8) is 0 Å². The summed E-state index contributed by atoms with van der Waals surface area (Å²) in [7, 11) is 0. The first-order chi connectivity index (χ1) is 17.8. The summed E-state index contributed by atoms with van der Waals surface area (Å²) in [4.78, 5) is 0. The van der Waals surface area contributed by atoms with Crippen molar-refractivity contribution >= 4 is 42.9 Å². The molecule has 0 atom stereocenters. The van der Waals surface area contributed by atoms with Crippen LogP contribution in [0.25, 0.3) is 31.3 Å². The molecule has 1 nitrogen and oxygen atoms in total. The van der Waals surface area contributed by atoms with Crippen molar-refractivity contribution in [3.05, 3.63) is 96.1 Å². The summed E-state index contributed by atoms with van der Waals surface area (Å²) in [6.45, 7) is 0. The molecule has 0 saturated heterocycles. The number of nitrogens with one attached hydrogen (secondary N) is 1. The quantitative estimate of drug-likeness (QED) is 0.264. The van der Waals surface area contributed by atoms with Gasteiger partial charge in [0.1, 0.15) is 0 Å². The first kappa shape index (κ1) is 20.0. The van der Waals surface area contributed by atoms with Gasteiger partial charge in [0.2, 0.25) is 0 Å². The van der Waals surface area contributed by atoms with Crippen molar-refractivity contribution in [1.82, 2.24) is 0 Å². The minimum Gasteiger partial charge on any atom is -0.355 e. The SMILES string of the molecule is c1ccc2c(c1)-c1cc(Nc3cccc4sc5ccccc5c34)ccc1C21C2CC3CC(C2)CC1C3. The molecule has 1 N–H and O–H groups in total. The van der Waals surface area contributed by atoms with E-state index in [9.17, 15) is 0 Å². The Balaban J connectivity index is 1.20. The lowest BCUT2D eigenvalue weighted by atomic mass is 9.43. The zero-order chi connectivity index (χ0) is 23.4. The van der Waals surface area contributed by atoms with Crippen LogP contribution in [0, 0.1) is 23.7 Å². The van der Waals surface area contributed by atoms with Crippen molar-refractivity contribution < 1.29 is 0 Å².